The fourth-order valence-electron chi connectivity index (χ4n) is 4.97. The zero-order valence-corrected chi connectivity index (χ0v) is 20.6. The summed E-state index contributed by atoms with van der Waals surface area (Å²) < 4.78 is 17.2. The Balaban J connectivity index is 1.58. The molecule has 7 heteroatoms. The van der Waals surface area contributed by atoms with Crippen LogP contribution in [0.4, 0.5) is 0 Å². The van der Waals surface area contributed by atoms with Gasteiger partial charge in [0.2, 0.25) is 5.76 Å². The van der Waals surface area contributed by atoms with Crippen molar-refractivity contribution in [2.24, 2.45) is 0 Å². The van der Waals surface area contributed by atoms with Gasteiger partial charge < -0.3 is 18.8 Å². The van der Waals surface area contributed by atoms with E-state index in [0.717, 1.165) is 18.7 Å². The second-order valence-electron chi connectivity index (χ2n) is 9.44. The fraction of sp³-hybridized carbons (Fsp3) is 0.429. The molecular formula is C28H32N2O5. The van der Waals surface area contributed by atoms with Crippen LogP contribution in [0.2, 0.25) is 0 Å². The Kier molecular flexibility index (Phi) is 6.62. The highest BCUT2D eigenvalue weighted by Crippen LogP contribution is 2.38. The molecule has 0 saturated carbocycles. The van der Waals surface area contributed by atoms with Crippen molar-refractivity contribution in [2.75, 3.05) is 46.0 Å². The predicted octanol–water partition coefficient (Wildman–Crippen LogP) is 4.19. The minimum atomic E-state index is -0.480. The first kappa shape index (κ1) is 23.6. The van der Waals surface area contributed by atoms with Gasteiger partial charge in [-0.05, 0) is 36.1 Å². The summed E-state index contributed by atoms with van der Waals surface area (Å²) in [4.78, 5) is 31.5. The number of carbonyl (C=O) groups excluding carboxylic acids is 1. The van der Waals surface area contributed by atoms with E-state index in [4.69, 9.17) is 13.9 Å². The first-order chi connectivity index (χ1) is 17.0. The molecule has 1 saturated heterocycles. The van der Waals surface area contributed by atoms with Crippen LogP contribution in [0.1, 0.15) is 60.0 Å². The van der Waals surface area contributed by atoms with E-state index in [9.17, 15) is 9.59 Å². The monoisotopic (exact) mass is 476 g/mol. The molecule has 184 valence electrons. The Morgan fingerprint density at radius 1 is 1.03 bits per heavy atom. The van der Waals surface area contributed by atoms with E-state index < -0.39 is 6.04 Å². The summed E-state index contributed by atoms with van der Waals surface area (Å²) in [6, 6.07) is 12.9. The molecule has 35 heavy (non-hydrogen) atoms. The highest BCUT2D eigenvalue weighted by Gasteiger charge is 2.42. The van der Waals surface area contributed by atoms with Crippen LogP contribution in [0.15, 0.2) is 51.7 Å². The fourth-order valence-corrected chi connectivity index (χ4v) is 4.97. The van der Waals surface area contributed by atoms with E-state index in [0.29, 0.717) is 61.1 Å². The molecule has 1 fully saturated rings. The summed E-state index contributed by atoms with van der Waals surface area (Å²) in [6.45, 7) is 11.0. The molecule has 5 rings (SSSR count). The van der Waals surface area contributed by atoms with Gasteiger partial charge in [0, 0.05) is 32.2 Å². The molecule has 1 atom stereocenters. The summed E-state index contributed by atoms with van der Waals surface area (Å²) in [6.07, 6.45) is 0. The van der Waals surface area contributed by atoms with Crippen LogP contribution >= 0.6 is 0 Å². The Hall–Kier alpha value is -3.16. The molecule has 0 bridgehead atoms. The van der Waals surface area contributed by atoms with Gasteiger partial charge in [0.15, 0.2) is 5.43 Å². The predicted molar refractivity (Wildman–Crippen MR) is 134 cm³/mol. The van der Waals surface area contributed by atoms with Crippen molar-refractivity contribution in [3.8, 4) is 5.75 Å². The Morgan fingerprint density at radius 2 is 1.77 bits per heavy atom. The quantitative estimate of drug-likeness (QED) is 0.509. The summed E-state index contributed by atoms with van der Waals surface area (Å²) >= 11 is 0. The average molecular weight is 477 g/mol. The van der Waals surface area contributed by atoms with Crippen molar-refractivity contribution in [2.45, 2.75) is 32.7 Å². The number of benzene rings is 2. The molecule has 7 nitrogen and oxygen atoms in total. The minimum Gasteiger partial charge on any atom is -0.494 e. The van der Waals surface area contributed by atoms with Crippen LogP contribution in [0, 0.1) is 0 Å². The average Bonchev–Trinajstić information content (AvgIpc) is 3.15. The van der Waals surface area contributed by atoms with Crippen LogP contribution in [0.5, 0.6) is 5.75 Å². The largest absolute Gasteiger partial charge is 0.494 e. The number of hydrogen-bond acceptors (Lipinski definition) is 6. The normalized spacial score (nSPS) is 18.5. The Labute approximate surface area is 205 Å². The number of nitrogens with zero attached hydrogens (tertiary/aromatic N) is 2. The second-order valence-corrected chi connectivity index (χ2v) is 9.44. The molecule has 3 heterocycles. The standard InChI is InChI=1S/C28H32N2O5/c1-4-34-21-9-10-22-23(17-21)35-27-24(26(22)31)25(20-7-5-19(6-8-20)18(2)3)30(28(27)32)12-11-29-13-15-33-16-14-29/h5-10,17-18,25H,4,11-16H2,1-3H3. The van der Waals surface area contributed by atoms with Gasteiger partial charge >= 0.3 is 0 Å². The highest BCUT2D eigenvalue weighted by molar-refractivity contribution is 5.99. The number of rotatable bonds is 7. The zero-order chi connectivity index (χ0) is 24.5. The second kappa shape index (κ2) is 9.84. The molecule has 2 aliphatic heterocycles. The SMILES string of the molecule is CCOc1ccc2c(=O)c3c(oc2c1)C(=O)N(CCN1CCOCC1)C3c1ccc(C(C)C)cc1. The van der Waals surface area contributed by atoms with E-state index >= 15 is 0 Å². The van der Waals surface area contributed by atoms with Crippen molar-refractivity contribution in [3.05, 3.63) is 75.1 Å². The molecule has 1 amide bonds. The molecule has 3 aromatic rings. The van der Waals surface area contributed by atoms with Gasteiger partial charge in [0.25, 0.3) is 5.91 Å². The lowest BCUT2D eigenvalue weighted by atomic mass is 9.95. The van der Waals surface area contributed by atoms with Crippen LogP contribution in [-0.2, 0) is 4.74 Å². The number of amides is 1. The third kappa shape index (κ3) is 4.46. The lowest BCUT2D eigenvalue weighted by Gasteiger charge is -2.31. The first-order valence-electron chi connectivity index (χ1n) is 12.4. The maximum absolute atomic E-state index is 13.7. The van der Waals surface area contributed by atoms with E-state index in [1.54, 1.807) is 23.1 Å². The Bertz CT molecular complexity index is 1270. The van der Waals surface area contributed by atoms with Crippen LogP contribution in [0.3, 0.4) is 0 Å². The molecule has 2 aromatic carbocycles. The molecular weight excluding hydrogens is 444 g/mol. The number of carbonyl (C=O) groups is 1. The maximum atomic E-state index is 13.7. The van der Waals surface area contributed by atoms with E-state index in [1.807, 2.05) is 19.1 Å². The van der Waals surface area contributed by atoms with Gasteiger partial charge in [-0.15, -0.1) is 0 Å². The summed E-state index contributed by atoms with van der Waals surface area (Å²) in [5.74, 6) is 0.897. The van der Waals surface area contributed by atoms with Crippen LogP contribution in [-0.4, -0.2) is 61.7 Å². The molecule has 0 spiro atoms. The minimum absolute atomic E-state index is 0.135. The van der Waals surface area contributed by atoms with Crippen LogP contribution in [0.25, 0.3) is 11.0 Å². The van der Waals surface area contributed by atoms with Crippen LogP contribution < -0.4 is 10.2 Å². The van der Waals surface area contributed by atoms with Crippen molar-refractivity contribution in [1.29, 1.82) is 0 Å². The van der Waals surface area contributed by atoms with E-state index in [2.05, 4.69) is 30.9 Å². The highest BCUT2D eigenvalue weighted by atomic mass is 16.5. The molecule has 0 N–H and O–H groups in total. The van der Waals surface area contributed by atoms with Gasteiger partial charge in [0.05, 0.1) is 36.8 Å². The van der Waals surface area contributed by atoms with Crippen molar-refractivity contribution >= 4 is 16.9 Å². The van der Waals surface area contributed by atoms with E-state index in [1.165, 1.54) is 5.56 Å². The summed E-state index contributed by atoms with van der Waals surface area (Å²) in [5, 5.41) is 0.457. The van der Waals surface area contributed by atoms with Gasteiger partial charge in [-0.3, -0.25) is 14.5 Å². The van der Waals surface area contributed by atoms with E-state index in [-0.39, 0.29) is 17.1 Å². The maximum Gasteiger partial charge on any atom is 0.290 e. The third-order valence-electron chi connectivity index (χ3n) is 6.93. The molecule has 0 aliphatic carbocycles. The van der Waals surface area contributed by atoms with Crippen molar-refractivity contribution in [1.82, 2.24) is 9.80 Å². The number of ether oxygens (including phenoxy) is 2. The lowest BCUT2D eigenvalue weighted by Crippen LogP contribution is -2.42. The first-order valence-corrected chi connectivity index (χ1v) is 12.4. The van der Waals surface area contributed by atoms with Gasteiger partial charge in [-0.1, -0.05) is 38.1 Å². The molecule has 2 aliphatic rings. The topological polar surface area (TPSA) is 72.2 Å². The summed E-state index contributed by atoms with van der Waals surface area (Å²) in [7, 11) is 0. The number of fused-ring (bicyclic) bond motifs is 2. The lowest BCUT2D eigenvalue weighted by molar-refractivity contribution is 0.0314. The number of hydrogen-bond donors (Lipinski definition) is 0. The molecule has 1 aromatic heterocycles. The van der Waals surface area contributed by atoms with Gasteiger partial charge in [0.1, 0.15) is 11.3 Å². The third-order valence-corrected chi connectivity index (χ3v) is 6.93. The summed E-state index contributed by atoms with van der Waals surface area (Å²) in [5.41, 5.74) is 2.76. The van der Waals surface area contributed by atoms with Gasteiger partial charge in [-0.2, -0.15) is 0 Å². The van der Waals surface area contributed by atoms with Crippen molar-refractivity contribution in [3.63, 3.8) is 0 Å². The molecule has 1 unspecified atom stereocenters. The smallest absolute Gasteiger partial charge is 0.290 e. The molecule has 0 radical (unpaired) electrons. The Morgan fingerprint density at radius 3 is 2.46 bits per heavy atom. The van der Waals surface area contributed by atoms with Gasteiger partial charge in [-0.25, -0.2) is 0 Å². The number of morpholine rings is 1. The van der Waals surface area contributed by atoms with Crippen molar-refractivity contribution < 1.29 is 18.7 Å². The zero-order valence-electron chi connectivity index (χ0n) is 20.6.